The molecule has 1 aliphatic rings. The molecule has 0 aliphatic carbocycles. The first-order chi connectivity index (χ1) is 16.6. The maximum absolute atomic E-state index is 13.5. The molecule has 1 atom stereocenters. The molecule has 0 unspecified atom stereocenters. The van der Waals surface area contributed by atoms with E-state index in [9.17, 15) is 14.7 Å². The van der Waals surface area contributed by atoms with Gasteiger partial charge in [-0.1, -0.05) is 38.0 Å². The van der Waals surface area contributed by atoms with Crippen LogP contribution in [0.1, 0.15) is 67.3 Å². The van der Waals surface area contributed by atoms with E-state index in [0.717, 1.165) is 24.8 Å². The van der Waals surface area contributed by atoms with Crippen molar-refractivity contribution in [2.24, 2.45) is 0 Å². The van der Waals surface area contributed by atoms with Gasteiger partial charge in [-0.3, -0.25) is 9.59 Å². The number of fused-ring (bicyclic) bond motifs is 2. The van der Waals surface area contributed by atoms with Gasteiger partial charge in [-0.15, -0.1) is 0 Å². The highest BCUT2D eigenvalue weighted by Crippen LogP contribution is 2.41. The van der Waals surface area contributed by atoms with Crippen LogP contribution in [0.25, 0.3) is 11.0 Å². The van der Waals surface area contributed by atoms with Crippen LogP contribution in [-0.4, -0.2) is 42.3 Å². The predicted octanol–water partition coefficient (Wildman–Crippen LogP) is 4.69. The summed E-state index contributed by atoms with van der Waals surface area (Å²) >= 11 is 0. The van der Waals surface area contributed by atoms with E-state index in [1.54, 1.807) is 29.2 Å². The molecular weight excluding hydrogens is 434 g/mol. The molecule has 4 rings (SSSR count). The second-order valence-electron chi connectivity index (χ2n) is 8.34. The first-order valence-corrected chi connectivity index (χ1v) is 12.0. The van der Waals surface area contributed by atoms with E-state index < -0.39 is 6.04 Å². The average molecular weight is 466 g/mol. The number of rotatable bonds is 11. The Bertz CT molecular complexity index is 1220. The number of aliphatic hydroxyl groups is 1. The SMILES string of the molecule is CCCCCOc1ccc([C@@H]2c3c(oc4ccccc4c3=O)C(=O)N2CCCO)cc1OCC. The van der Waals surface area contributed by atoms with Crippen LogP contribution in [0.15, 0.2) is 51.7 Å². The molecule has 2 heterocycles. The monoisotopic (exact) mass is 465 g/mol. The van der Waals surface area contributed by atoms with Crippen molar-refractivity contribution in [1.82, 2.24) is 4.90 Å². The summed E-state index contributed by atoms with van der Waals surface area (Å²) in [7, 11) is 0. The zero-order valence-corrected chi connectivity index (χ0v) is 19.7. The molecule has 7 nitrogen and oxygen atoms in total. The van der Waals surface area contributed by atoms with Crippen molar-refractivity contribution in [2.45, 2.75) is 45.6 Å². The second-order valence-corrected chi connectivity index (χ2v) is 8.34. The molecule has 1 amide bonds. The second kappa shape index (κ2) is 10.7. The summed E-state index contributed by atoms with van der Waals surface area (Å²) in [5, 5.41) is 9.84. The summed E-state index contributed by atoms with van der Waals surface area (Å²) in [6, 6.07) is 11.8. The Balaban J connectivity index is 1.80. The minimum Gasteiger partial charge on any atom is -0.490 e. The number of ether oxygens (including phenoxy) is 2. The Labute approximate surface area is 198 Å². The van der Waals surface area contributed by atoms with Gasteiger partial charge in [-0.05, 0) is 49.6 Å². The molecule has 0 bridgehead atoms. The maximum Gasteiger partial charge on any atom is 0.290 e. The van der Waals surface area contributed by atoms with Gasteiger partial charge in [-0.25, -0.2) is 0 Å². The molecule has 1 aromatic heterocycles. The van der Waals surface area contributed by atoms with Gasteiger partial charge in [0.15, 0.2) is 16.9 Å². The van der Waals surface area contributed by atoms with Crippen LogP contribution in [0.2, 0.25) is 0 Å². The normalized spacial score (nSPS) is 15.1. The van der Waals surface area contributed by atoms with E-state index in [0.29, 0.717) is 54.2 Å². The van der Waals surface area contributed by atoms with Crippen LogP contribution >= 0.6 is 0 Å². The third kappa shape index (κ3) is 4.53. The molecule has 0 radical (unpaired) electrons. The van der Waals surface area contributed by atoms with Crippen LogP contribution in [-0.2, 0) is 0 Å². The summed E-state index contributed by atoms with van der Waals surface area (Å²) in [5.74, 6) is 0.919. The topological polar surface area (TPSA) is 89.2 Å². The molecule has 7 heteroatoms. The molecule has 0 spiro atoms. The summed E-state index contributed by atoms with van der Waals surface area (Å²) < 4.78 is 17.7. The number of nitrogens with zero attached hydrogens (tertiary/aromatic N) is 1. The van der Waals surface area contributed by atoms with E-state index in [4.69, 9.17) is 13.9 Å². The number of unbranched alkanes of at least 4 members (excludes halogenated alkanes) is 2. The minimum atomic E-state index is -0.636. The van der Waals surface area contributed by atoms with Crippen molar-refractivity contribution >= 4 is 16.9 Å². The van der Waals surface area contributed by atoms with Gasteiger partial charge in [0, 0.05) is 13.2 Å². The Hall–Kier alpha value is -3.32. The van der Waals surface area contributed by atoms with E-state index >= 15 is 0 Å². The predicted molar refractivity (Wildman–Crippen MR) is 130 cm³/mol. The zero-order chi connectivity index (χ0) is 24.1. The van der Waals surface area contributed by atoms with Crippen molar-refractivity contribution in [3.05, 3.63) is 69.6 Å². The van der Waals surface area contributed by atoms with Crippen LogP contribution in [0.3, 0.4) is 0 Å². The van der Waals surface area contributed by atoms with Crippen LogP contribution in [0, 0.1) is 0 Å². The highest BCUT2D eigenvalue weighted by molar-refractivity contribution is 5.99. The van der Waals surface area contributed by atoms with Gasteiger partial charge in [0.2, 0.25) is 5.76 Å². The Morgan fingerprint density at radius 1 is 1.00 bits per heavy atom. The first-order valence-electron chi connectivity index (χ1n) is 12.0. The quantitative estimate of drug-likeness (QED) is 0.413. The molecule has 34 heavy (non-hydrogen) atoms. The molecule has 180 valence electrons. The van der Waals surface area contributed by atoms with Gasteiger partial charge in [0.25, 0.3) is 5.91 Å². The number of hydrogen-bond donors (Lipinski definition) is 1. The number of hydrogen-bond acceptors (Lipinski definition) is 6. The van der Waals surface area contributed by atoms with Crippen molar-refractivity contribution in [3.8, 4) is 11.5 Å². The molecule has 0 fully saturated rings. The maximum atomic E-state index is 13.5. The van der Waals surface area contributed by atoms with Gasteiger partial charge < -0.3 is 23.9 Å². The smallest absolute Gasteiger partial charge is 0.290 e. The summed E-state index contributed by atoms with van der Waals surface area (Å²) in [6.45, 7) is 5.32. The minimum absolute atomic E-state index is 0.0597. The molecule has 3 aromatic rings. The Morgan fingerprint density at radius 3 is 2.59 bits per heavy atom. The molecule has 2 aromatic carbocycles. The fraction of sp³-hybridized carbons (Fsp3) is 0.407. The molecular formula is C27H31NO6. The van der Waals surface area contributed by atoms with Gasteiger partial charge in [0.1, 0.15) is 5.58 Å². The first kappa shape index (κ1) is 23.8. The van der Waals surface area contributed by atoms with Gasteiger partial charge >= 0.3 is 0 Å². The fourth-order valence-corrected chi connectivity index (χ4v) is 4.40. The van der Waals surface area contributed by atoms with E-state index in [2.05, 4.69) is 6.92 Å². The third-order valence-electron chi connectivity index (χ3n) is 6.02. The summed E-state index contributed by atoms with van der Waals surface area (Å²) in [6.07, 6.45) is 3.54. The lowest BCUT2D eigenvalue weighted by molar-refractivity contribution is 0.0716. The number of para-hydroxylation sites is 1. The lowest BCUT2D eigenvalue weighted by Gasteiger charge is -2.25. The molecule has 1 aliphatic heterocycles. The van der Waals surface area contributed by atoms with Crippen molar-refractivity contribution in [1.29, 1.82) is 0 Å². The molecule has 0 saturated heterocycles. The fourth-order valence-electron chi connectivity index (χ4n) is 4.40. The third-order valence-corrected chi connectivity index (χ3v) is 6.02. The number of amides is 1. The number of benzene rings is 2. The van der Waals surface area contributed by atoms with Crippen LogP contribution in [0.5, 0.6) is 11.5 Å². The standard InChI is InChI=1S/C27H31NO6/c1-3-5-8-16-33-21-13-12-18(17-22(21)32-4-2)24-23-25(30)19-10-6-7-11-20(19)34-26(23)27(31)28(24)14-9-15-29/h6-7,10-13,17,24,29H,3-5,8-9,14-16H2,1-2H3/t24-/m1/s1. The summed E-state index contributed by atoms with van der Waals surface area (Å²) in [4.78, 5) is 28.4. The van der Waals surface area contributed by atoms with E-state index in [1.165, 1.54) is 0 Å². The van der Waals surface area contributed by atoms with Gasteiger partial charge in [0.05, 0.1) is 30.2 Å². The van der Waals surface area contributed by atoms with E-state index in [-0.39, 0.29) is 23.7 Å². The summed E-state index contributed by atoms with van der Waals surface area (Å²) in [5.41, 5.74) is 1.21. The number of carbonyl (C=O) groups excluding carboxylic acids is 1. The van der Waals surface area contributed by atoms with Gasteiger partial charge in [-0.2, -0.15) is 0 Å². The zero-order valence-electron chi connectivity index (χ0n) is 19.7. The van der Waals surface area contributed by atoms with Crippen molar-refractivity contribution < 1.29 is 23.8 Å². The van der Waals surface area contributed by atoms with Crippen LogP contribution < -0.4 is 14.9 Å². The number of aliphatic hydroxyl groups excluding tert-OH is 1. The highest BCUT2D eigenvalue weighted by atomic mass is 16.5. The molecule has 0 saturated carbocycles. The van der Waals surface area contributed by atoms with Crippen molar-refractivity contribution in [2.75, 3.05) is 26.4 Å². The lowest BCUT2D eigenvalue weighted by atomic mass is 9.98. The lowest BCUT2D eigenvalue weighted by Crippen LogP contribution is -2.31. The Kier molecular flexibility index (Phi) is 7.53. The van der Waals surface area contributed by atoms with E-state index in [1.807, 2.05) is 25.1 Å². The van der Waals surface area contributed by atoms with Crippen LogP contribution in [0.4, 0.5) is 0 Å². The highest BCUT2D eigenvalue weighted by Gasteiger charge is 2.42. The number of carbonyl (C=O) groups is 1. The largest absolute Gasteiger partial charge is 0.490 e. The van der Waals surface area contributed by atoms with Crippen molar-refractivity contribution in [3.63, 3.8) is 0 Å². The molecule has 1 N–H and O–H groups in total. The average Bonchev–Trinajstić information content (AvgIpc) is 3.13. The Morgan fingerprint density at radius 2 is 1.82 bits per heavy atom.